The Morgan fingerprint density at radius 3 is 3.05 bits per heavy atom. The molecule has 4 heteroatoms. The SMILES string of the molecule is CCOCCCNC(=O)c1ccc2[nH]c3c(c2c1)CCCC3. The number of hydrogen-bond donors (Lipinski definition) is 2. The summed E-state index contributed by atoms with van der Waals surface area (Å²) in [6.07, 6.45) is 5.60. The Morgan fingerprint density at radius 2 is 2.18 bits per heavy atom. The highest BCUT2D eigenvalue weighted by Crippen LogP contribution is 2.29. The molecule has 1 aliphatic carbocycles. The lowest BCUT2D eigenvalue weighted by molar-refractivity contribution is 0.0944. The van der Waals surface area contributed by atoms with Crippen LogP contribution in [-0.2, 0) is 17.6 Å². The molecule has 2 N–H and O–H groups in total. The Hall–Kier alpha value is -1.81. The van der Waals surface area contributed by atoms with Gasteiger partial charge in [-0.2, -0.15) is 0 Å². The van der Waals surface area contributed by atoms with E-state index in [1.165, 1.54) is 29.5 Å². The van der Waals surface area contributed by atoms with Gasteiger partial charge in [0.2, 0.25) is 0 Å². The first-order chi connectivity index (χ1) is 10.8. The fraction of sp³-hybridized carbons (Fsp3) is 0.500. The summed E-state index contributed by atoms with van der Waals surface area (Å²) >= 11 is 0. The van der Waals surface area contributed by atoms with Crippen LogP contribution >= 0.6 is 0 Å². The molecule has 4 nitrogen and oxygen atoms in total. The van der Waals surface area contributed by atoms with E-state index in [1.807, 2.05) is 25.1 Å². The molecule has 118 valence electrons. The van der Waals surface area contributed by atoms with E-state index >= 15 is 0 Å². The molecule has 0 unspecified atom stereocenters. The Balaban J connectivity index is 1.70. The molecular formula is C18H24N2O2. The fourth-order valence-electron chi connectivity index (χ4n) is 3.17. The van der Waals surface area contributed by atoms with Crippen molar-refractivity contribution in [1.82, 2.24) is 10.3 Å². The maximum absolute atomic E-state index is 12.2. The van der Waals surface area contributed by atoms with E-state index in [1.54, 1.807) is 0 Å². The van der Waals surface area contributed by atoms with Crippen LogP contribution in [0.4, 0.5) is 0 Å². The van der Waals surface area contributed by atoms with E-state index in [0.717, 1.165) is 36.9 Å². The predicted octanol–water partition coefficient (Wildman–Crippen LogP) is 3.20. The van der Waals surface area contributed by atoms with Crippen LogP contribution < -0.4 is 5.32 Å². The largest absolute Gasteiger partial charge is 0.382 e. The highest BCUT2D eigenvalue weighted by Gasteiger charge is 2.16. The second-order valence-electron chi connectivity index (χ2n) is 5.86. The standard InChI is InChI=1S/C18H24N2O2/c1-2-22-11-5-10-19-18(21)13-8-9-17-15(12-13)14-6-3-4-7-16(14)20-17/h8-9,12,20H,2-7,10-11H2,1H3,(H,19,21). The van der Waals surface area contributed by atoms with E-state index in [4.69, 9.17) is 4.74 Å². The minimum Gasteiger partial charge on any atom is -0.382 e. The minimum absolute atomic E-state index is 0.00385. The summed E-state index contributed by atoms with van der Waals surface area (Å²) in [5.74, 6) is 0.00385. The monoisotopic (exact) mass is 300 g/mol. The number of amides is 1. The Bertz CT molecular complexity index is 660. The Labute approximate surface area is 131 Å². The molecule has 22 heavy (non-hydrogen) atoms. The molecule has 1 amide bonds. The molecule has 1 aromatic heterocycles. The van der Waals surface area contributed by atoms with E-state index < -0.39 is 0 Å². The van der Waals surface area contributed by atoms with Gasteiger partial charge in [0.25, 0.3) is 5.91 Å². The van der Waals surface area contributed by atoms with E-state index in [2.05, 4.69) is 10.3 Å². The van der Waals surface area contributed by atoms with Gasteiger partial charge in [-0.25, -0.2) is 0 Å². The van der Waals surface area contributed by atoms with Crippen molar-refractivity contribution in [2.45, 2.75) is 39.0 Å². The summed E-state index contributed by atoms with van der Waals surface area (Å²) in [7, 11) is 0. The van der Waals surface area contributed by atoms with Gasteiger partial charge in [-0.05, 0) is 62.8 Å². The Kier molecular flexibility index (Phi) is 4.78. The number of hydrogen-bond acceptors (Lipinski definition) is 2. The summed E-state index contributed by atoms with van der Waals surface area (Å²) < 4.78 is 5.28. The highest BCUT2D eigenvalue weighted by atomic mass is 16.5. The van der Waals surface area contributed by atoms with Gasteiger partial charge in [0.1, 0.15) is 0 Å². The topological polar surface area (TPSA) is 54.1 Å². The zero-order chi connectivity index (χ0) is 15.4. The van der Waals surface area contributed by atoms with E-state index in [-0.39, 0.29) is 5.91 Å². The molecule has 0 fully saturated rings. The van der Waals surface area contributed by atoms with Crippen LogP contribution in [-0.4, -0.2) is 30.6 Å². The van der Waals surface area contributed by atoms with E-state index in [9.17, 15) is 4.79 Å². The van der Waals surface area contributed by atoms with Crippen molar-refractivity contribution in [3.8, 4) is 0 Å². The molecular weight excluding hydrogens is 276 g/mol. The van der Waals surface area contributed by atoms with Gasteiger partial charge in [-0.3, -0.25) is 4.79 Å². The predicted molar refractivity (Wildman–Crippen MR) is 88.4 cm³/mol. The smallest absolute Gasteiger partial charge is 0.251 e. The van der Waals surface area contributed by atoms with Crippen molar-refractivity contribution in [2.24, 2.45) is 0 Å². The number of aryl methyl sites for hydroxylation is 2. The third-order valence-electron chi connectivity index (χ3n) is 4.32. The molecule has 0 bridgehead atoms. The zero-order valence-electron chi connectivity index (χ0n) is 13.2. The van der Waals surface area contributed by atoms with Crippen molar-refractivity contribution in [3.05, 3.63) is 35.0 Å². The number of ether oxygens (including phenoxy) is 1. The highest BCUT2D eigenvalue weighted by molar-refractivity contribution is 5.99. The summed E-state index contributed by atoms with van der Waals surface area (Å²) in [6, 6.07) is 5.97. The second-order valence-corrected chi connectivity index (χ2v) is 5.86. The number of carbonyl (C=O) groups excluding carboxylic acids is 1. The van der Waals surface area contributed by atoms with Gasteiger partial charge in [-0.1, -0.05) is 0 Å². The van der Waals surface area contributed by atoms with Gasteiger partial charge in [0.15, 0.2) is 0 Å². The lowest BCUT2D eigenvalue weighted by Gasteiger charge is -2.10. The summed E-state index contributed by atoms with van der Waals surface area (Å²) in [5.41, 5.74) is 4.67. The quantitative estimate of drug-likeness (QED) is 0.805. The molecule has 3 rings (SSSR count). The van der Waals surface area contributed by atoms with Crippen molar-refractivity contribution in [3.63, 3.8) is 0 Å². The molecule has 1 aromatic carbocycles. The van der Waals surface area contributed by atoms with Gasteiger partial charge in [0, 0.05) is 41.9 Å². The number of benzene rings is 1. The molecule has 1 heterocycles. The number of aromatic amines is 1. The zero-order valence-corrected chi connectivity index (χ0v) is 13.2. The van der Waals surface area contributed by atoms with E-state index in [0.29, 0.717) is 13.2 Å². The van der Waals surface area contributed by atoms with Gasteiger partial charge in [0.05, 0.1) is 0 Å². The normalized spacial score (nSPS) is 14.0. The van der Waals surface area contributed by atoms with Crippen LogP contribution in [0.2, 0.25) is 0 Å². The average molecular weight is 300 g/mol. The number of fused-ring (bicyclic) bond motifs is 3. The molecule has 0 aliphatic heterocycles. The molecule has 0 saturated carbocycles. The third kappa shape index (κ3) is 3.17. The van der Waals surface area contributed by atoms with Gasteiger partial charge >= 0.3 is 0 Å². The third-order valence-corrected chi connectivity index (χ3v) is 4.32. The number of H-pyrrole nitrogens is 1. The Morgan fingerprint density at radius 1 is 1.32 bits per heavy atom. The van der Waals surface area contributed by atoms with Crippen LogP contribution in [0, 0.1) is 0 Å². The lowest BCUT2D eigenvalue weighted by Crippen LogP contribution is -2.25. The van der Waals surface area contributed by atoms with Crippen molar-refractivity contribution in [1.29, 1.82) is 0 Å². The first kappa shape index (κ1) is 15.1. The minimum atomic E-state index is 0.00385. The number of rotatable bonds is 6. The number of nitrogens with one attached hydrogen (secondary N) is 2. The number of carbonyl (C=O) groups is 1. The molecule has 0 saturated heterocycles. The first-order valence-electron chi connectivity index (χ1n) is 8.29. The molecule has 1 aliphatic rings. The lowest BCUT2D eigenvalue weighted by atomic mass is 9.95. The van der Waals surface area contributed by atoms with Crippen LogP contribution in [0.5, 0.6) is 0 Å². The van der Waals surface area contributed by atoms with Crippen molar-refractivity contribution >= 4 is 16.8 Å². The van der Waals surface area contributed by atoms with Gasteiger partial charge < -0.3 is 15.0 Å². The van der Waals surface area contributed by atoms with Gasteiger partial charge in [-0.15, -0.1) is 0 Å². The van der Waals surface area contributed by atoms with Crippen molar-refractivity contribution < 1.29 is 9.53 Å². The average Bonchev–Trinajstić information content (AvgIpc) is 2.92. The molecule has 0 atom stereocenters. The fourth-order valence-corrected chi connectivity index (χ4v) is 3.17. The summed E-state index contributed by atoms with van der Waals surface area (Å²) in [6.45, 7) is 4.05. The van der Waals surface area contributed by atoms with Crippen LogP contribution in [0.15, 0.2) is 18.2 Å². The summed E-state index contributed by atoms with van der Waals surface area (Å²) in [4.78, 5) is 15.7. The first-order valence-corrected chi connectivity index (χ1v) is 8.29. The molecule has 2 aromatic rings. The maximum atomic E-state index is 12.2. The molecule has 0 radical (unpaired) electrons. The number of aromatic nitrogens is 1. The summed E-state index contributed by atoms with van der Waals surface area (Å²) in [5, 5.41) is 4.18. The van der Waals surface area contributed by atoms with Crippen LogP contribution in [0.3, 0.4) is 0 Å². The molecule has 0 spiro atoms. The van der Waals surface area contributed by atoms with Crippen LogP contribution in [0.1, 0.15) is 47.8 Å². The maximum Gasteiger partial charge on any atom is 0.251 e. The van der Waals surface area contributed by atoms with Crippen molar-refractivity contribution in [2.75, 3.05) is 19.8 Å². The van der Waals surface area contributed by atoms with Crippen LogP contribution in [0.25, 0.3) is 10.9 Å². The second kappa shape index (κ2) is 6.97.